The molecule has 0 unspecified atom stereocenters. The van der Waals surface area contributed by atoms with Gasteiger partial charge in [-0.05, 0) is 30.3 Å². The molecule has 4 rings (SSSR count). The molecule has 10 heteroatoms. The van der Waals surface area contributed by atoms with Gasteiger partial charge >= 0.3 is 0 Å². The minimum Gasteiger partial charge on any atom is -0.296 e. The SMILES string of the molecule is CS(=O)(=O)c1ccc2nc(NC(=O)c3csc(-c4cccc(Cl)c4)n3)sc2c1. The molecule has 0 aliphatic carbocycles. The van der Waals surface area contributed by atoms with Gasteiger partial charge in [-0.25, -0.2) is 18.4 Å². The largest absolute Gasteiger partial charge is 0.296 e. The first-order valence-corrected chi connectivity index (χ1v) is 11.9. The molecule has 0 saturated heterocycles. The van der Waals surface area contributed by atoms with Gasteiger partial charge in [-0.15, -0.1) is 11.3 Å². The molecule has 0 aliphatic rings. The van der Waals surface area contributed by atoms with Crippen LogP contribution in [0.25, 0.3) is 20.8 Å². The van der Waals surface area contributed by atoms with Crippen LogP contribution in [-0.4, -0.2) is 30.5 Å². The second-order valence-electron chi connectivity index (χ2n) is 5.92. The summed E-state index contributed by atoms with van der Waals surface area (Å²) in [5.74, 6) is -0.382. The topological polar surface area (TPSA) is 89.0 Å². The molecule has 142 valence electrons. The number of amides is 1. The Kier molecular flexibility index (Phi) is 4.92. The summed E-state index contributed by atoms with van der Waals surface area (Å²) < 4.78 is 24.0. The van der Waals surface area contributed by atoms with Crippen LogP contribution in [0.3, 0.4) is 0 Å². The Balaban J connectivity index is 1.57. The maximum absolute atomic E-state index is 12.5. The molecule has 0 aliphatic heterocycles. The maximum atomic E-state index is 12.5. The summed E-state index contributed by atoms with van der Waals surface area (Å²) in [5, 5.41) is 6.05. The molecule has 2 aromatic carbocycles. The van der Waals surface area contributed by atoms with E-state index in [2.05, 4.69) is 15.3 Å². The van der Waals surface area contributed by atoms with Crippen LogP contribution in [0.2, 0.25) is 5.02 Å². The van der Waals surface area contributed by atoms with Crippen LogP contribution in [0, 0.1) is 0 Å². The number of carbonyl (C=O) groups is 1. The van der Waals surface area contributed by atoms with Crippen molar-refractivity contribution in [3.8, 4) is 10.6 Å². The van der Waals surface area contributed by atoms with Crippen molar-refractivity contribution in [2.45, 2.75) is 4.90 Å². The molecule has 0 fully saturated rings. The van der Waals surface area contributed by atoms with Crippen LogP contribution in [0.15, 0.2) is 52.7 Å². The van der Waals surface area contributed by atoms with E-state index in [1.165, 1.54) is 28.7 Å². The number of halogens is 1. The number of sulfone groups is 1. The molecule has 0 bridgehead atoms. The number of hydrogen-bond donors (Lipinski definition) is 1. The van der Waals surface area contributed by atoms with E-state index in [1.807, 2.05) is 12.1 Å². The monoisotopic (exact) mass is 449 g/mol. The first kappa shape index (κ1) is 19.0. The summed E-state index contributed by atoms with van der Waals surface area (Å²) in [7, 11) is -3.30. The average Bonchev–Trinajstić information content (AvgIpc) is 3.27. The molecular formula is C18H12ClN3O3S3. The predicted octanol–water partition coefficient (Wildman–Crippen LogP) is 4.73. The van der Waals surface area contributed by atoms with Gasteiger partial charge in [0, 0.05) is 22.2 Å². The summed E-state index contributed by atoms with van der Waals surface area (Å²) in [4.78, 5) is 21.4. The number of benzene rings is 2. The summed E-state index contributed by atoms with van der Waals surface area (Å²) >= 11 is 8.55. The Morgan fingerprint density at radius 1 is 1.14 bits per heavy atom. The molecule has 28 heavy (non-hydrogen) atoms. The zero-order chi connectivity index (χ0) is 19.9. The maximum Gasteiger partial charge on any atom is 0.276 e. The second-order valence-corrected chi connectivity index (χ2v) is 10.3. The molecule has 2 heterocycles. The van der Waals surface area contributed by atoms with Crippen molar-refractivity contribution in [3.63, 3.8) is 0 Å². The van der Waals surface area contributed by atoms with E-state index in [4.69, 9.17) is 11.6 Å². The molecule has 1 amide bonds. The van der Waals surface area contributed by atoms with Crippen molar-refractivity contribution in [2.75, 3.05) is 11.6 Å². The number of thiazole rings is 2. The van der Waals surface area contributed by atoms with Crippen molar-refractivity contribution in [2.24, 2.45) is 0 Å². The van der Waals surface area contributed by atoms with Crippen molar-refractivity contribution in [1.29, 1.82) is 0 Å². The Bertz CT molecular complexity index is 1310. The first-order valence-electron chi connectivity index (χ1n) is 7.93. The van der Waals surface area contributed by atoms with Crippen LogP contribution in [0.1, 0.15) is 10.5 Å². The van der Waals surface area contributed by atoms with Gasteiger partial charge < -0.3 is 0 Å². The van der Waals surface area contributed by atoms with E-state index in [0.29, 0.717) is 25.4 Å². The fraction of sp³-hybridized carbons (Fsp3) is 0.0556. The highest BCUT2D eigenvalue weighted by atomic mass is 35.5. The Morgan fingerprint density at radius 3 is 2.71 bits per heavy atom. The predicted molar refractivity (Wildman–Crippen MR) is 113 cm³/mol. The highest BCUT2D eigenvalue weighted by Gasteiger charge is 2.15. The summed E-state index contributed by atoms with van der Waals surface area (Å²) in [6.07, 6.45) is 1.15. The number of nitrogens with one attached hydrogen (secondary N) is 1. The molecule has 0 atom stereocenters. The fourth-order valence-electron chi connectivity index (χ4n) is 2.48. The van der Waals surface area contributed by atoms with Crippen LogP contribution >= 0.6 is 34.3 Å². The van der Waals surface area contributed by atoms with E-state index >= 15 is 0 Å². The van der Waals surface area contributed by atoms with E-state index in [0.717, 1.165) is 11.8 Å². The number of nitrogens with zero attached hydrogens (tertiary/aromatic N) is 2. The average molecular weight is 450 g/mol. The van der Waals surface area contributed by atoms with Crippen LogP contribution in [0.5, 0.6) is 0 Å². The normalized spacial score (nSPS) is 11.6. The molecule has 1 N–H and O–H groups in total. The van der Waals surface area contributed by atoms with Gasteiger partial charge in [0.1, 0.15) is 10.7 Å². The third-order valence-electron chi connectivity index (χ3n) is 3.82. The molecule has 0 spiro atoms. The van der Waals surface area contributed by atoms with Gasteiger partial charge in [-0.3, -0.25) is 10.1 Å². The summed E-state index contributed by atoms with van der Waals surface area (Å²) in [5.41, 5.74) is 1.73. The van der Waals surface area contributed by atoms with Crippen molar-refractivity contribution in [1.82, 2.24) is 9.97 Å². The Morgan fingerprint density at radius 2 is 1.96 bits per heavy atom. The lowest BCUT2D eigenvalue weighted by molar-refractivity contribution is 0.102. The zero-order valence-corrected chi connectivity index (χ0v) is 17.5. The van der Waals surface area contributed by atoms with Crippen LogP contribution in [-0.2, 0) is 9.84 Å². The van der Waals surface area contributed by atoms with Gasteiger partial charge in [0.05, 0.1) is 15.1 Å². The number of fused-ring (bicyclic) bond motifs is 1. The molecule has 2 aromatic heterocycles. The summed E-state index contributed by atoms with van der Waals surface area (Å²) in [6, 6.07) is 11.9. The minimum absolute atomic E-state index is 0.215. The first-order chi connectivity index (χ1) is 13.3. The second kappa shape index (κ2) is 7.25. The Hall–Kier alpha value is -2.33. The fourth-order valence-corrected chi connectivity index (χ4v) is 5.09. The van der Waals surface area contributed by atoms with Crippen molar-refractivity contribution in [3.05, 3.63) is 58.6 Å². The number of rotatable bonds is 4. The third kappa shape index (κ3) is 3.93. The lowest BCUT2D eigenvalue weighted by Gasteiger charge is -1.98. The molecule has 0 saturated carbocycles. The standard InChI is InChI=1S/C18H12ClN3O3S3/c1-28(24,25)12-5-6-13-15(8-12)27-18(21-13)22-16(23)14-9-26-17(20-14)10-3-2-4-11(19)7-10/h2-9H,1H3,(H,21,22,23). The van der Waals surface area contributed by atoms with Gasteiger partial charge in [0.2, 0.25) is 0 Å². The lowest BCUT2D eigenvalue weighted by atomic mass is 10.2. The number of anilines is 1. The highest BCUT2D eigenvalue weighted by molar-refractivity contribution is 7.90. The number of aromatic nitrogens is 2. The van der Waals surface area contributed by atoms with E-state index in [-0.39, 0.29) is 16.5 Å². The van der Waals surface area contributed by atoms with Gasteiger partial charge in [0.25, 0.3) is 5.91 Å². The molecular weight excluding hydrogens is 438 g/mol. The smallest absolute Gasteiger partial charge is 0.276 e. The van der Waals surface area contributed by atoms with Gasteiger partial charge in [-0.1, -0.05) is 35.1 Å². The van der Waals surface area contributed by atoms with E-state index in [1.54, 1.807) is 29.6 Å². The van der Waals surface area contributed by atoms with E-state index in [9.17, 15) is 13.2 Å². The highest BCUT2D eigenvalue weighted by Crippen LogP contribution is 2.29. The number of carbonyl (C=O) groups excluding carboxylic acids is 1. The Labute approximate surface area is 173 Å². The van der Waals surface area contributed by atoms with Gasteiger partial charge in [0.15, 0.2) is 15.0 Å². The van der Waals surface area contributed by atoms with E-state index < -0.39 is 9.84 Å². The molecule has 0 radical (unpaired) electrons. The third-order valence-corrected chi connectivity index (χ3v) is 6.99. The quantitative estimate of drug-likeness (QED) is 0.486. The molecule has 4 aromatic rings. The van der Waals surface area contributed by atoms with Crippen molar-refractivity contribution >= 4 is 65.4 Å². The lowest BCUT2D eigenvalue weighted by Crippen LogP contribution is -2.11. The van der Waals surface area contributed by atoms with Crippen LogP contribution in [0.4, 0.5) is 5.13 Å². The number of hydrogen-bond acceptors (Lipinski definition) is 7. The minimum atomic E-state index is -3.30. The molecule has 6 nitrogen and oxygen atoms in total. The van der Waals surface area contributed by atoms with Crippen LogP contribution < -0.4 is 5.32 Å². The zero-order valence-electron chi connectivity index (χ0n) is 14.3. The van der Waals surface area contributed by atoms with Crippen molar-refractivity contribution < 1.29 is 13.2 Å². The summed E-state index contributed by atoms with van der Waals surface area (Å²) in [6.45, 7) is 0. The van der Waals surface area contributed by atoms with Gasteiger partial charge in [-0.2, -0.15) is 0 Å².